The lowest BCUT2D eigenvalue weighted by Crippen LogP contribution is -2.26. The van der Waals surface area contributed by atoms with Crippen molar-refractivity contribution in [3.63, 3.8) is 0 Å². The second-order valence-electron chi connectivity index (χ2n) is 5.33. The van der Waals surface area contributed by atoms with Gasteiger partial charge in [0.05, 0.1) is 0 Å². The van der Waals surface area contributed by atoms with Crippen molar-refractivity contribution in [2.24, 2.45) is 5.73 Å². The molecule has 2 rings (SSSR count). The minimum absolute atomic E-state index is 0.406. The summed E-state index contributed by atoms with van der Waals surface area (Å²) in [7, 11) is 0. The number of nitrogens with zero attached hydrogens (tertiary/aromatic N) is 1. The number of hydrogen-bond acceptors (Lipinski definition) is 3. The van der Waals surface area contributed by atoms with E-state index in [-0.39, 0.29) is 0 Å². The molecule has 0 aliphatic carbocycles. The Morgan fingerprint density at radius 3 is 2.83 bits per heavy atom. The second kappa shape index (κ2) is 5.85. The minimum Gasteiger partial charge on any atom is -0.371 e. The van der Waals surface area contributed by atoms with Gasteiger partial charge in [0.15, 0.2) is 0 Å². The Balaban J connectivity index is 2.14. The number of halogens is 1. The number of hydrogen-bond donors (Lipinski definition) is 1. The van der Waals surface area contributed by atoms with E-state index in [9.17, 15) is 0 Å². The van der Waals surface area contributed by atoms with Crippen LogP contribution >= 0.6 is 27.7 Å². The number of anilines is 1. The highest BCUT2D eigenvalue weighted by Crippen LogP contribution is 2.33. The molecule has 1 aromatic carbocycles. The first-order valence-electron chi connectivity index (χ1n) is 6.39. The van der Waals surface area contributed by atoms with E-state index in [0.29, 0.717) is 11.3 Å². The first-order valence-corrected chi connectivity index (χ1v) is 8.17. The zero-order valence-corrected chi connectivity index (χ0v) is 13.5. The van der Waals surface area contributed by atoms with Gasteiger partial charge in [0.25, 0.3) is 0 Å². The summed E-state index contributed by atoms with van der Waals surface area (Å²) < 4.78 is 1.53. The Hall–Kier alpha value is -0.190. The van der Waals surface area contributed by atoms with Crippen LogP contribution in [0.2, 0.25) is 0 Å². The lowest BCUT2D eigenvalue weighted by atomic mass is 10.1. The van der Waals surface area contributed by atoms with Crippen LogP contribution in [0.1, 0.15) is 25.8 Å². The number of benzene rings is 1. The molecule has 1 aliphatic rings. The fraction of sp³-hybridized carbons (Fsp3) is 0.571. The summed E-state index contributed by atoms with van der Waals surface area (Å²) in [6.45, 7) is 7.53. The molecular formula is C14H21BrN2S. The summed E-state index contributed by atoms with van der Waals surface area (Å²) in [5.41, 5.74) is 8.17. The predicted octanol–water partition coefficient (Wildman–Crippen LogP) is 3.63. The average molecular weight is 329 g/mol. The number of nitrogens with two attached hydrogens (primary N) is 1. The van der Waals surface area contributed by atoms with E-state index < -0.39 is 0 Å². The highest BCUT2D eigenvalue weighted by Gasteiger charge is 2.23. The molecule has 0 aromatic heterocycles. The third kappa shape index (κ3) is 3.43. The van der Waals surface area contributed by atoms with E-state index in [1.54, 1.807) is 0 Å². The van der Waals surface area contributed by atoms with E-state index >= 15 is 0 Å². The molecule has 0 spiro atoms. The van der Waals surface area contributed by atoms with Crippen LogP contribution in [0.5, 0.6) is 0 Å². The van der Waals surface area contributed by atoms with Crippen LogP contribution in [0, 0.1) is 0 Å². The Morgan fingerprint density at radius 2 is 2.17 bits per heavy atom. The van der Waals surface area contributed by atoms with Crippen molar-refractivity contribution in [1.82, 2.24) is 0 Å². The largest absolute Gasteiger partial charge is 0.371 e. The van der Waals surface area contributed by atoms with Crippen molar-refractivity contribution in [3.8, 4) is 0 Å². The average Bonchev–Trinajstić information content (AvgIpc) is 2.50. The molecule has 1 aliphatic heterocycles. The van der Waals surface area contributed by atoms with Crippen LogP contribution in [0.3, 0.4) is 0 Å². The maximum absolute atomic E-state index is 5.69. The molecule has 0 saturated carbocycles. The van der Waals surface area contributed by atoms with Gasteiger partial charge in [-0.25, -0.2) is 0 Å². The van der Waals surface area contributed by atoms with Gasteiger partial charge in [0.1, 0.15) is 0 Å². The fourth-order valence-corrected chi connectivity index (χ4v) is 3.81. The van der Waals surface area contributed by atoms with Gasteiger partial charge in [-0.1, -0.05) is 35.8 Å². The number of rotatable bonds is 2. The Labute approximate surface area is 122 Å². The molecule has 0 amide bonds. The molecule has 0 bridgehead atoms. The van der Waals surface area contributed by atoms with Crippen LogP contribution < -0.4 is 10.6 Å². The Bertz CT molecular complexity index is 420. The van der Waals surface area contributed by atoms with Gasteiger partial charge < -0.3 is 10.6 Å². The molecule has 4 heteroatoms. The molecule has 1 aromatic rings. The molecule has 100 valence electrons. The van der Waals surface area contributed by atoms with Crippen LogP contribution in [-0.2, 0) is 6.54 Å². The minimum atomic E-state index is 0.406. The standard InChI is InChI=1S/C14H21BrN2S/c1-14(2)5-6-17(7-8-18-14)12-4-3-11(10-16)13(15)9-12/h3-4,9H,5-8,10,16H2,1-2H3. The van der Waals surface area contributed by atoms with Gasteiger partial charge in [0, 0.05) is 40.3 Å². The number of thioether (sulfide) groups is 1. The van der Waals surface area contributed by atoms with E-state index in [1.807, 2.05) is 0 Å². The molecule has 0 atom stereocenters. The summed E-state index contributed by atoms with van der Waals surface area (Å²) in [5.74, 6) is 1.20. The van der Waals surface area contributed by atoms with Crippen molar-refractivity contribution < 1.29 is 0 Å². The molecule has 0 radical (unpaired) electrons. The SMILES string of the molecule is CC1(C)CCN(c2ccc(CN)c(Br)c2)CCS1. The van der Waals surface area contributed by atoms with Gasteiger partial charge in [-0.3, -0.25) is 0 Å². The van der Waals surface area contributed by atoms with Crippen LogP contribution in [0.25, 0.3) is 0 Å². The van der Waals surface area contributed by atoms with E-state index in [4.69, 9.17) is 5.73 Å². The van der Waals surface area contributed by atoms with Crippen LogP contribution in [0.4, 0.5) is 5.69 Å². The quantitative estimate of drug-likeness (QED) is 0.898. The predicted molar refractivity (Wildman–Crippen MR) is 85.4 cm³/mol. The molecule has 18 heavy (non-hydrogen) atoms. The van der Waals surface area contributed by atoms with Crippen molar-refractivity contribution in [3.05, 3.63) is 28.2 Å². The highest BCUT2D eigenvalue weighted by molar-refractivity contribution is 9.10. The fourth-order valence-electron chi connectivity index (χ4n) is 2.18. The maximum atomic E-state index is 5.69. The summed E-state index contributed by atoms with van der Waals surface area (Å²) in [5, 5.41) is 0. The summed E-state index contributed by atoms with van der Waals surface area (Å²) in [6, 6.07) is 6.52. The van der Waals surface area contributed by atoms with Gasteiger partial charge in [-0.15, -0.1) is 0 Å². The van der Waals surface area contributed by atoms with Gasteiger partial charge >= 0.3 is 0 Å². The maximum Gasteiger partial charge on any atom is 0.0378 e. The summed E-state index contributed by atoms with van der Waals surface area (Å²) >= 11 is 5.68. The zero-order valence-electron chi connectivity index (χ0n) is 11.1. The summed E-state index contributed by atoms with van der Waals surface area (Å²) in [6.07, 6.45) is 1.23. The van der Waals surface area contributed by atoms with Crippen molar-refractivity contribution in [2.45, 2.75) is 31.6 Å². The van der Waals surface area contributed by atoms with Crippen LogP contribution in [0.15, 0.2) is 22.7 Å². The molecule has 0 unspecified atom stereocenters. The topological polar surface area (TPSA) is 29.3 Å². The van der Waals surface area contributed by atoms with E-state index in [1.165, 1.54) is 23.4 Å². The normalized spacial score (nSPS) is 19.7. The highest BCUT2D eigenvalue weighted by atomic mass is 79.9. The lowest BCUT2D eigenvalue weighted by molar-refractivity contribution is 0.637. The molecule has 2 nitrogen and oxygen atoms in total. The Kier molecular flexibility index (Phi) is 4.62. The van der Waals surface area contributed by atoms with Crippen molar-refractivity contribution >= 4 is 33.4 Å². The molecule has 1 heterocycles. The van der Waals surface area contributed by atoms with E-state index in [0.717, 1.165) is 17.6 Å². The second-order valence-corrected chi connectivity index (χ2v) is 7.98. The summed E-state index contributed by atoms with van der Waals surface area (Å²) in [4.78, 5) is 2.48. The third-order valence-corrected chi connectivity index (χ3v) is 5.57. The van der Waals surface area contributed by atoms with Crippen molar-refractivity contribution in [1.29, 1.82) is 0 Å². The monoisotopic (exact) mass is 328 g/mol. The molecule has 1 saturated heterocycles. The van der Waals surface area contributed by atoms with Gasteiger partial charge in [0.2, 0.25) is 0 Å². The zero-order chi connectivity index (χ0) is 13.2. The lowest BCUT2D eigenvalue weighted by Gasteiger charge is -2.24. The third-order valence-electron chi connectivity index (χ3n) is 3.46. The molecular weight excluding hydrogens is 308 g/mol. The first-order chi connectivity index (χ1) is 8.52. The molecule has 1 fully saturated rings. The van der Waals surface area contributed by atoms with Crippen LogP contribution in [-0.4, -0.2) is 23.6 Å². The van der Waals surface area contributed by atoms with Gasteiger partial charge in [-0.2, -0.15) is 11.8 Å². The van der Waals surface area contributed by atoms with E-state index in [2.05, 4.69) is 64.6 Å². The Morgan fingerprint density at radius 1 is 1.39 bits per heavy atom. The first kappa shape index (κ1) is 14.2. The van der Waals surface area contributed by atoms with Gasteiger partial charge in [-0.05, 0) is 24.1 Å². The van der Waals surface area contributed by atoms with Crippen molar-refractivity contribution in [2.75, 3.05) is 23.7 Å². The molecule has 2 N–H and O–H groups in total. The smallest absolute Gasteiger partial charge is 0.0378 e.